The van der Waals surface area contributed by atoms with Crippen LogP contribution < -0.4 is 5.32 Å². The van der Waals surface area contributed by atoms with E-state index in [9.17, 15) is 5.11 Å². The van der Waals surface area contributed by atoms with Crippen LogP contribution in [0.1, 0.15) is 22.6 Å². The fraction of sp³-hybridized carbons (Fsp3) is 0.583. The van der Waals surface area contributed by atoms with Gasteiger partial charge in [-0.2, -0.15) is 5.26 Å². The second-order valence-electron chi connectivity index (χ2n) is 4.28. The Bertz CT molecular complexity index is 405. The van der Waals surface area contributed by atoms with Crippen molar-refractivity contribution in [1.82, 2.24) is 5.32 Å². The van der Waals surface area contributed by atoms with E-state index in [0.717, 1.165) is 22.6 Å². The van der Waals surface area contributed by atoms with E-state index < -0.39 is 0 Å². The van der Waals surface area contributed by atoms with Gasteiger partial charge < -0.3 is 15.2 Å². The number of hydrogen-bond acceptors (Lipinski definition) is 5. The first-order valence-corrected chi connectivity index (χ1v) is 6.52. The lowest BCUT2D eigenvalue weighted by molar-refractivity contribution is 0.0113. The van der Waals surface area contributed by atoms with E-state index in [1.165, 1.54) is 11.3 Å². The van der Waals surface area contributed by atoms with Gasteiger partial charge >= 0.3 is 0 Å². The molecule has 1 aromatic heterocycles. The average Bonchev–Trinajstić information content (AvgIpc) is 2.85. The number of nitrogens with zero attached hydrogens (tertiary/aromatic N) is 1. The predicted octanol–water partition coefficient (Wildman–Crippen LogP) is 1.25. The van der Waals surface area contributed by atoms with Crippen LogP contribution in [0.2, 0.25) is 0 Å². The Kier molecular flexibility index (Phi) is 4.13. The molecule has 0 saturated carbocycles. The number of nitrogens with one attached hydrogen (secondary N) is 1. The third kappa shape index (κ3) is 3.05. The number of rotatable bonds is 4. The summed E-state index contributed by atoms with van der Waals surface area (Å²) in [5.74, 6) is 0. The van der Waals surface area contributed by atoms with Crippen molar-refractivity contribution in [2.45, 2.75) is 24.9 Å². The van der Waals surface area contributed by atoms with Gasteiger partial charge in [0.05, 0.1) is 6.61 Å². The van der Waals surface area contributed by atoms with Gasteiger partial charge in [-0.05, 0) is 25.0 Å². The van der Waals surface area contributed by atoms with Gasteiger partial charge in [-0.15, -0.1) is 11.3 Å². The lowest BCUT2D eigenvalue weighted by atomic mass is 9.91. The standard InChI is InChI=1S/C12H16N2O2S/c13-7-10-1-2-11(17-10)8-14-12(9-15)3-5-16-6-4-12/h1-2,14-15H,3-6,8-9H2. The van der Waals surface area contributed by atoms with Crippen molar-refractivity contribution >= 4 is 11.3 Å². The number of thiophene rings is 1. The summed E-state index contributed by atoms with van der Waals surface area (Å²) in [4.78, 5) is 1.85. The molecule has 17 heavy (non-hydrogen) atoms. The average molecular weight is 252 g/mol. The number of aliphatic hydroxyl groups excluding tert-OH is 1. The fourth-order valence-corrected chi connectivity index (χ4v) is 2.71. The van der Waals surface area contributed by atoms with Crippen LogP contribution in [0.5, 0.6) is 0 Å². The lowest BCUT2D eigenvalue weighted by Crippen LogP contribution is -2.51. The summed E-state index contributed by atoms with van der Waals surface area (Å²) in [5, 5.41) is 21.7. The lowest BCUT2D eigenvalue weighted by Gasteiger charge is -2.36. The van der Waals surface area contributed by atoms with Crippen molar-refractivity contribution in [1.29, 1.82) is 5.26 Å². The van der Waals surface area contributed by atoms with E-state index >= 15 is 0 Å². The largest absolute Gasteiger partial charge is 0.394 e. The van der Waals surface area contributed by atoms with Crippen molar-refractivity contribution in [2.24, 2.45) is 0 Å². The summed E-state index contributed by atoms with van der Waals surface area (Å²) in [5.41, 5.74) is -0.213. The molecular weight excluding hydrogens is 236 g/mol. The second-order valence-corrected chi connectivity index (χ2v) is 5.45. The van der Waals surface area contributed by atoms with Crippen molar-refractivity contribution in [2.75, 3.05) is 19.8 Å². The molecule has 1 aliphatic rings. The third-order valence-electron chi connectivity index (χ3n) is 3.16. The molecule has 1 aromatic rings. The number of ether oxygens (including phenoxy) is 1. The molecule has 2 heterocycles. The number of nitriles is 1. The highest BCUT2D eigenvalue weighted by molar-refractivity contribution is 7.12. The van der Waals surface area contributed by atoms with Crippen LogP contribution in [0.25, 0.3) is 0 Å². The predicted molar refractivity (Wildman–Crippen MR) is 65.7 cm³/mol. The molecule has 0 amide bonds. The topological polar surface area (TPSA) is 65.3 Å². The minimum atomic E-state index is -0.213. The van der Waals surface area contributed by atoms with E-state index in [2.05, 4.69) is 11.4 Å². The summed E-state index contributed by atoms with van der Waals surface area (Å²) in [6.07, 6.45) is 1.67. The Balaban J connectivity index is 1.93. The van der Waals surface area contributed by atoms with Gasteiger partial charge in [0.25, 0.3) is 0 Å². The van der Waals surface area contributed by atoms with E-state index in [0.29, 0.717) is 19.8 Å². The first-order chi connectivity index (χ1) is 8.28. The molecule has 0 aromatic carbocycles. The second kappa shape index (κ2) is 5.61. The molecule has 0 bridgehead atoms. The van der Waals surface area contributed by atoms with Gasteiger partial charge in [0.15, 0.2) is 0 Å². The molecule has 1 saturated heterocycles. The molecule has 0 unspecified atom stereocenters. The van der Waals surface area contributed by atoms with E-state index in [1.54, 1.807) is 0 Å². The molecule has 1 aliphatic heterocycles. The Morgan fingerprint density at radius 3 is 2.82 bits per heavy atom. The van der Waals surface area contributed by atoms with Gasteiger partial charge in [0.2, 0.25) is 0 Å². The quantitative estimate of drug-likeness (QED) is 0.846. The highest BCUT2D eigenvalue weighted by atomic mass is 32.1. The zero-order valence-corrected chi connectivity index (χ0v) is 10.4. The van der Waals surface area contributed by atoms with Gasteiger partial charge in [0.1, 0.15) is 10.9 Å². The van der Waals surface area contributed by atoms with Crippen LogP contribution in [0.4, 0.5) is 0 Å². The van der Waals surface area contributed by atoms with Gasteiger partial charge in [-0.3, -0.25) is 0 Å². The molecule has 92 valence electrons. The van der Waals surface area contributed by atoms with Crippen molar-refractivity contribution in [3.8, 4) is 6.07 Å². The van der Waals surface area contributed by atoms with Crippen LogP contribution in [0.15, 0.2) is 12.1 Å². The smallest absolute Gasteiger partial charge is 0.110 e. The molecular formula is C12H16N2O2S. The van der Waals surface area contributed by atoms with Crippen LogP contribution in [0.3, 0.4) is 0 Å². The summed E-state index contributed by atoms with van der Waals surface area (Å²) >= 11 is 1.49. The monoisotopic (exact) mass is 252 g/mol. The number of aliphatic hydroxyl groups is 1. The van der Waals surface area contributed by atoms with Crippen LogP contribution >= 0.6 is 11.3 Å². The van der Waals surface area contributed by atoms with E-state index in [-0.39, 0.29) is 12.1 Å². The van der Waals surface area contributed by atoms with E-state index in [1.807, 2.05) is 12.1 Å². The molecule has 4 nitrogen and oxygen atoms in total. The maximum atomic E-state index is 9.50. The van der Waals surface area contributed by atoms with Crippen molar-refractivity contribution in [3.05, 3.63) is 21.9 Å². The third-order valence-corrected chi connectivity index (χ3v) is 4.15. The zero-order valence-electron chi connectivity index (χ0n) is 9.61. The molecule has 5 heteroatoms. The maximum absolute atomic E-state index is 9.50. The fourth-order valence-electron chi connectivity index (χ4n) is 1.96. The molecule has 2 rings (SSSR count). The molecule has 0 aliphatic carbocycles. The van der Waals surface area contributed by atoms with Crippen LogP contribution in [0, 0.1) is 11.3 Å². The molecule has 1 fully saturated rings. The summed E-state index contributed by atoms with van der Waals surface area (Å²) in [7, 11) is 0. The molecule has 0 radical (unpaired) electrons. The van der Waals surface area contributed by atoms with Crippen molar-refractivity contribution in [3.63, 3.8) is 0 Å². The Morgan fingerprint density at radius 2 is 2.24 bits per heavy atom. The highest BCUT2D eigenvalue weighted by Crippen LogP contribution is 2.22. The Labute approximate surface area is 105 Å². The van der Waals surface area contributed by atoms with E-state index in [4.69, 9.17) is 10.00 Å². The first kappa shape index (κ1) is 12.5. The summed E-state index contributed by atoms with van der Waals surface area (Å²) in [6.45, 7) is 2.22. The minimum Gasteiger partial charge on any atom is -0.394 e. The molecule has 0 spiro atoms. The zero-order chi connectivity index (χ0) is 12.1. The Morgan fingerprint density at radius 1 is 1.47 bits per heavy atom. The van der Waals surface area contributed by atoms with Crippen LogP contribution in [-0.4, -0.2) is 30.5 Å². The Hall–Kier alpha value is -0.930. The van der Waals surface area contributed by atoms with Gasteiger partial charge in [-0.25, -0.2) is 0 Å². The first-order valence-electron chi connectivity index (χ1n) is 5.70. The normalized spacial score (nSPS) is 18.8. The molecule has 2 N–H and O–H groups in total. The van der Waals surface area contributed by atoms with Gasteiger partial charge in [-0.1, -0.05) is 0 Å². The summed E-state index contributed by atoms with van der Waals surface area (Å²) < 4.78 is 5.31. The van der Waals surface area contributed by atoms with Gasteiger partial charge in [0, 0.05) is 30.2 Å². The minimum absolute atomic E-state index is 0.132. The van der Waals surface area contributed by atoms with Crippen LogP contribution in [-0.2, 0) is 11.3 Å². The van der Waals surface area contributed by atoms with Crippen molar-refractivity contribution < 1.29 is 9.84 Å². The summed E-state index contributed by atoms with van der Waals surface area (Å²) in [6, 6.07) is 5.92. The molecule has 0 atom stereocenters. The highest BCUT2D eigenvalue weighted by Gasteiger charge is 2.31. The number of hydrogen-bond donors (Lipinski definition) is 2. The maximum Gasteiger partial charge on any atom is 0.110 e. The SMILES string of the molecule is N#Cc1ccc(CNC2(CO)CCOCC2)s1.